The molecule has 98 valence electrons. The van der Waals surface area contributed by atoms with E-state index in [1.807, 2.05) is 24.3 Å². The largest absolute Gasteiger partial charge is 0.497 e. The van der Waals surface area contributed by atoms with Crippen LogP contribution in [0.15, 0.2) is 24.3 Å². The van der Waals surface area contributed by atoms with Gasteiger partial charge in [-0.2, -0.15) is 0 Å². The van der Waals surface area contributed by atoms with E-state index >= 15 is 0 Å². The van der Waals surface area contributed by atoms with E-state index in [0.717, 1.165) is 11.4 Å². The first-order valence-corrected chi connectivity index (χ1v) is 6.07. The number of benzene rings is 1. The molecule has 0 aromatic heterocycles. The van der Waals surface area contributed by atoms with Crippen LogP contribution in [0.2, 0.25) is 0 Å². The van der Waals surface area contributed by atoms with Crippen molar-refractivity contribution < 1.29 is 9.53 Å². The van der Waals surface area contributed by atoms with E-state index in [0.29, 0.717) is 13.1 Å². The molecule has 0 aliphatic carbocycles. The van der Waals surface area contributed by atoms with Crippen LogP contribution >= 0.6 is 0 Å². The van der Waals surface area contributed by atoms with Gasteiger partial charge in [0.15, 0.2) is 0 Å². The Morgan fingerprint density at radius 1 is 1.56 bits per heavy atom. The number of piperazine rings is 1. The number of nitrogens with zero attached hydrogens (tertiary/aromatic N) is 1. The number of methoxy groups -OCH3 is 1. The van der Waals surface area contributed by atoms with Crippen LogP contribution in [0.3, 0.4) is 0 Å². The molecule has 5 heteroatoms. The Kier molecular flexibility index (Phi) is 3.72. The van der Waals surface area contributed by atoms with Gasteiger partial charge < -0.3 is 20.7 Å². The Morgan fingerprint density at radius 3 is 3.00 bits per heavy atom. The quantitative estimate of drug-likeness (QED) is 0.811. The average molecular weight is 249 g/mol. The highest BCUT2D eigenvalue weighted by atomic mass is 16.5. The minimum Gasteiger partial charge on any atom is -0.497 e. The Labute approximate surface area is 107 Å². The van der Waals surface area contributed by atoms with Crippen molar-refractivity contribution >= 4 is 11.6 Å². The van der Waals surface area contributed by atoms with Crippen molar-refractivity contribution in [3.8, 4) is 5.75 Å². The van der Waals surface area contributed by atoms with Gasteiger partial charge in [0.05, 0.1) is 7.11 Å². The van der Waals surface area contributed by atoms with Crippen LogP contribution in [0.5, 0.6) is 5.75 Å². The predicted octanol–water partition coefficient (Wildman–Crippen LogP) is 0.347. The molecule has 2 atom stereocenters. The molecule has 1 aromatic rings. The van der Waals surface area contributed by atoms with E-state index in [9.17, 15) is 4.79 Å². The number of amides is 1. The lowest BCUT2D eigenvalue weighted by molar-refractivity contribution is -0.123. The van der Waals surface area contributed by atoms with Crippen molar-refractivity contribution in [1.29, 1.82) is 0 Å². The van der Waals surface area contributed by atoms with Gasteiger partial charge in [-0.3, -0.25) is 4.79 Å². The highest BCUT2D eigenvalue weighted by Crippen LogP contribution is 2.26. The molecule has 1 heterocycles. The van der Waals surface area contributed by atoms with Gasteiger partial charge in [-0.25, -0.2) is 0 Å². The highest BCUT2D eigenvalue weighted by Gasteiger charge is 2.33. The molecular formula is C13H19N3O2. The molecule has 1 aliphatic rings. The van der Waals surface area contributed by atoms with Crippen LogP contribution in [0.4, 0.5) is 5.69 Å². The minimum absolute atomic E-state index is 0.0154. The summed E-state index contributed by atoms with van der Waals surface area (Å²) in [4.78, 5) is 13.9. The maximum absolute atomic E-state index is 11.8. The molecule has 18 heavy (non-hydrogen) atoms. The third-order valence-corrected chi connectivity index (χ3v) is 3.26. The zero-order chi connectivity index (χ0) is 13.1. The van der Waals surface area contributed by atoms with Crippen molar-refractivity contribution in [2.75, 3.05) is 25.1 Å². The van der Waals surface area contributed by atoms with E-state index in [2.05, 4.69) is 17.1 Å². The van der Waals surface area contributed by atoms with Crippen molar-refractivity contribution in [3.63, 3.8) is 0 Å². The zero-order valence-corrected chi connectivity index (χ0v) is 10.7. The monoisotopic (exact) mass is 249 g/mol. The molecule has 0 bridgehead atoms. The second-order valence-corrected chi connectivity index (χ2v) is 4.45. The van der Waals surface area contributed by atoms with Crippen molar-refractivity contribution in [2.45, 2.75) is 19.0 Å². The first kappa shape index (κ1) is 12.7. The second kappa shape index (κ2) is 5.27. The van der Waals surface area contributed by atoms with Gasteiger partial charge in [0.25, 0.3) is 0 Å². The Hall–Kier alpha value is -1.75. The Balaban J connectivity index is 2.34. The van der Waals surface area contributed by atoms with Crippen LogP contribution in [0.1, 0.15) is 6.92 Å². The first-order valence-electron chi connectivity index (χ1n) is 6.07. The normalized spacial score (nSPS) is 23.7. The summed E-state index contributed by atoms with van der Waals surface area (Å²) < 4.78 is 5.22. The summed E-state index contributed by atoms with van der Waals surface area (Å²) in [5, 5.41) is 2.87. The molecule has 1 amide bonds. The van der Waals surface area contributed by atoms with Crippen LogP contribution in [0, 0.1) is 0 Å². The molecule has 5 nitrogen and oxygen atoms in total. The number of anilines is 1. The fourth-order valence-corrected chi connectivity index (χ4v) is 2.32. The third kappa shape index (κ3) is 2.26. The van der Waals surface area contributed by atoms with Crippen LogP contribution < -0.4 is 20.7 Å². The van der Waals surface area contributed by atoms with E-state index in [1.165, 1.54) is 0 Å². The van der Waals surface area contributed by atoms with Crippen molar-refractivity contribution in [3.05, 3.63) is 24.3 Å². The van der Waals surface area contributed by atoms with E-state index < -0.39 is 0 Å². The summed E-state index contributed by atoms with van der Waals surface area (Å²) in [6, 6.07) is 7.60. The van der Waals surface area contributed by atoms with Gasteiger partial charge in [0.1, 0.15) is 11.8 Å². The summed E-state index contributed by atoms with van der Waals surface area (Å²) in [5.41, 5.74) is 6.69. The molecule has 0 saturated carbocycles. The van der Waals surface area contributed by atoms with Crippen LogP contribution in [-0.4, -0.2) is 38.2 Å². The molecule has 1 fully saturated rings. The molecule has 2 rings (SSSR count). The summed E-state index contributed by atoms with van der Waals surface area (Å²) in [5.74, 6) is 0.764. The fraction of sp³-hybridized carbons (Fsp3) is 0.462. The van der Waals surface area contributed by atoms with E-state index in [1.54, 1.807) is 7.11 Å². The van der Waals surface area contributed by atoms with E-state index in [4.69, 9.17) is 10.5 Å². The number of carbonyl (C=O) groups excluding carboxylic acids is 1. The lowest BCUT2D eigenvalue weighted by Gasteiger charge is -2.41. The van der Waals surface area contributed by atoms with Gasteiger partial charge in [-0.05, 0) is 19.1 Å². The average Bonchev–Trinajstić information content (AvgIpc) is 2.41. The van der Waals surface area contributed by atoms with Gasteiger partial charge in [-0.1, -0.05) is 6.07 Å². The topological polar surface area (TPSA) is 67.6 Å². The van der Waals surface area contributed by atoms with E-state index in [-0.39, 0.29) is 18.0 Å². The Bertz CT molecular complexity index is 436. The molecule has 1 aromatic carbocycles. The van der Waals surface area contributed by atoms with Gasteiger partial charge >= 0.3 is 0 Å². The number of hydrogen-bond acceptors (Lipinski definition) is 4. The van der Waals surface area contributed by atoms with Crippen molar-refractivity contribution in [1.82, 2.24) is 5.32 Å². The second-order valence-electron chi connectivity index (χ2n) is 4.45. The molecule has 1 aliphatic heterocycles. The molecule has 3 N–H and O–H groups in total. The predicted molar refractivity (Wildman–Crippen MR) is 70.8 cm³/mol. The maximum Gasteiger partial charge on any atom is 0.244 e. The summed E-state index contributed by atoms with van der Waals surface area (Å²) in [6.07, 6.45) is 0. The Morgan fingerprint density at radius 2 is 2.33 bits per heavy atom. The number of nitrogens with two attached hydrogens (primary N) is 1. The summed E-state index contributed by atoms with van der Waals surface area (Å²) in [6.45, 7) is 3.00. The molecule has 0 radical (unpaired) electrons. The third-order valence-electron chi connectivity index (χ3n) is 3.26. The molecule has 1 saturated heterocycles. The smallest absolute Gasteiger partial charge is 0.244 e. The number of hydrogen-bond donors (Lipinski definition) is 2. The number of carbonyl (C=O) groups is 1. The lowest BCUT2D eigenvalue weighted by Crippen LogP contribution is -2.62. The van der Waals surface area contributed by atoms with Gasteiger partial charge in [0, 0.05) is 30.9 Å². The van der Waals surface area contributed by atoms with Gasteiger partial charge in [-0.15, -0.1) is 0 Å². The zero-order valence-electron chi connectivity index (χ0n) is 10.7. The molecular weight excluding hydrogens is 230 g/mol. The first-order chi connectivity index (χ1) is 8.67. The van der Waals surface area contributed by atoms with Crippen molar-refractivity contribution in [2.24, 2.45) is 5.73 Å². The van der Waals surface area contributed by atoms with Gasteiger partial charge in [0.2, 0.25) is 5.91 Å². The number of nitrogens with one attached hydrogen (secondary N) is 1. The molecule has 0 spiro atoms. The molecule has 2 unspecified atom stereocenters. The standard InChI is InChI=1S/C13H19N3O2/c1-9-8-15-13(17)12(7-14)16(9)10-4-3-5-11(6-10)18-2/h3-6,9,12H,7-8,14H2,1-2H3,(H,15,17). The summed E-state index contributed by atoms with van der Waals surface area (Å²) >= 11 is 0. The fourth-order valence-electron chi connectivity index (χ4n) is 2.32. The number of ether oxygens (including phenoxy) is 1. The SMILES string of the molecule is COc1cccc(N2C(C)CNC(=O)C2CN)c1. The lowest BCUT2D eigenvalue weighted by atomic mass is 10.1. The maximum atomic E-state index is 11.8. The van der Waals surface area contributed by atoms with Crippen LogP contribution in [0.25, 0.3) is 0 Å². The highest BCUT2D eigenvalue weighted by molar-refractivity contribution is 5.87. The number of rotatable bonds is 3. The minimum atomic E-state index is -0.319. The van der Waals surface area contributed by atoms with Crippen LogP contribution in [-0.2, 0) is 4.79 Å². The summed E-state index contributed by atoms with van der Waals surface area (Å²) in [7, 11) is 1.63.